The number of hydrogen-bond acceptors (Lipinski definition) is 8. The molecule has 1 aliphatic heterocycles. The van der Waals surface area contributed by atoms with Gasteiger partial charge in [-0.3, -0.25) is 4.57 Å². The molecule has 26 heavy (non-hydrogen) atoms. The molecule has 0 spiro atoms. The van der Waals surface area contributed by atoms with E-state index in [4.69, 9.17) is 15.2 Å². The molecule has 2 aromatic heterocycles. The van der Waals surface area contributed by atoms with Crippen LogP contribution in [0.1, 0.15) is 26.3 Å². The number of hydrogen-bond donors (Lipinski definition) is 1. The first-order valence-corrected chi connectivity index (χ1v) is 10.8. The normalized spacial score (nSPS) is 37.2. The number of anilines is 1. The molecule has 10 heteroatoms. The van der Waals surface area contributed by atoms with E-state index in [1.54, 1.807) is 6.33 Å². The maximum Gasteiger partial charge on any atom is 0.191 e. The number of nitrogen functional groups attached to an aromatic ring is 1. The number of thioether (sulfide) groups is 1. The van der Waals surface area contributed by atoms with E-state index in [0.717, 1.165) is 12.1 Å². The second-order valence-electron chi connectivity index (χ2n) is 7.76. The van der Waals surface area contributed by atoms with Gasteiger partial charge in [0.05, 0.1) is 18.5 Å². The molecular weight excluding hydrogens is 373 g/mol. The fourth-order valence-corrected chi connectivity index (χ4v) is 5.97. The van der Waals surface area contributed by atoms with Crippen molar-refractivity contribution in [3.8, 4) is 0 Å². The van der Waals surface area contributed by atoms with Gasteiger partial charge < -0.3 is 19.8 Å². The average Bonchev–Trinajstić information content (AvgIpc) is 2.86. The van der Waals surface area contributed by atoms with Crippen LogP contribution in [0.4, 0.5) is 5.82 Å². The Morgan fingerprint density at radius 2 is 2.23 bits per heavy atom. The lowest BCUT2D eigenvalue weighted by Crippen LogP contribution is -2.32. The number of nitrogens with two attached hydrogens (primary N) is 1. The van der Waals surface area contributed by atoms with Crippen LogP contribution in [0.2, 0.25) is 0 Å². The zero-order valence-corrected chi connectivity index (χ0v) is 16.5. The number of imidazole rings is 1. The zero-order chi connectivity index (χ0) is 18.3. The van der Waals surface area contributed by atoms with Crippen LogP contribution < -0.4 is 5.73 Å². The van der Waals surface area contributed by atoms with Crippen molar-refractivity contribution >= 4 is 37.2 Å². The molecule has 1 unspecified atom stereocenters. The third-order valence-corrected chi connectivity index (χ3v) is 7.18. The second-order valence-corrected chi connectivity index (χ2v) is 9.11. The second kappa shape index (κ2) is 5.38. The summed E-state index contributed by atoms with van der Waals surface area (Å²) >= 11 is 1.45. The highest BCUT2D eigenvalue weighted by Gasteiger charge is 2.75. The van der Waals surface area contributed by atoms with Gasteiger partial charge in [0.25, 0.3) is 0 Å². The van der Waals surface area contributed by atoms with E-state index in [-0.39, 0.29) is 32.1 Å². The number of aromatic nitrogens is 4. The smallest absolute Gasteiger partial charge is 0.191 e. The lowest BCUT2D eigenvalue weighted by Gasteiger charge is -2.24. The first kappa shape index (κ1) is 16.9. The highest BCUT2D eigenvalue weighted by molar-refractivity contribution is 7.98. The highest BCUT2D eigenvalue weighted by Crippen LogP contribution is 2.72. The van der Waals surface area contributed by atoms with Gasteiger partial charge in [-0.2, -0.15) is 0 Å². The molecule has 0 radical (unpaired) electrons. The minimum atomic E-state index is -0.650. The molecule has 3 heterocycles. The standard InChI is InChI=1S/C16H20N5O3PS/c1-15(2)23-10-9(7-4-16(7,5-25-22)11(10)24-15)21-6-18-8-12(17)19-14(26-3)20-13(8)21/h6-7,9-11H,4-5H2,1-3H3,(H2,17,19,20)/t7-,9?,10-,11-,16+/m1/s1. The van der Waals surface area contributed by atoms with E-state index < -0.39 is 5.79 Å². The van der Waals surface area contributed by atoms with Crippen molar-refractivity contribution in [2.45, 2.75) is 49.5 Å². The van der Waals surface area contributed by atoms with Crippen LogP contribution in [0, 0.1) is 11.3 Å². The van der Waals surface area contributed by atoms with Crippen LogP contribution in [0.25, 0.3) is 11.2 Å². The molecule has 2 N–H and O–H groups in total. The molecular formula is C16H20N5O3PS. The Bertz CT molecular complexity index is 921. The lowest BCUT2D eigenvalue weighted by atomic mass is 10.0. The van der Waals surface area contributed by atoms with E-state index in [0.29, 0.717) is 28.6 Å². The first-order valence-electron chi connectivity index (χ1n) is 8.59. The summed E-state index contributed by atoms with van der Waals surface area (Å²) in [6.45, 7) is 3.86. The van der Waals surface area contributed by atoms with Gasteiger partial charge in [0, 0.05) is 11.6 Å². The number of nitrogens with zero attached hydrogens (tertiary/aromatic N) is 4. The van der Waals surface area contributed by atoms with Crippen molar-refractivity contribution < 1.29 is 14.0 Å². The van der Waals surface area contributed by atoms with Gasteiger partial charge in [0.1, 0.15) is 11.6 Å². The average molecular weight is 393 g/mol. The fourth-order valence-electron chi connectivity index (χ4n) is 4.82. The van der Waals surface area contributed by atoms with Crippen LogP contribution in [-0.4, -0.2) is 49.9 Å². The van der Waals surface area contributed by atoms with E-state index in [2.05, 4.69) is 19.5 Å². The summed E-state index contributed by atoms with van der Waals surface area (Å²) in [4.78, 5) is 13.4. The summed E-state index contributed by atoms with van der Waals surface area (Å²) in [7, 11) is 0.153. The number of fused-ring (bicyclic) bond motifs is 4. The Balaban J connectivity index is 1.63. The van der Waals surface area contributed by atoms with Gasteiger partial charge in [-0.1, -0.05) is 11.8 Å². The van der Waals surface area contributed by atoms with Crippen LogP contribution in [0.15, 0.2) is 11.5 Å². The van der Waals surface area contributed by atoms with Crippen LogP contribution in [-0.2, 0) is 14.0 Å². The molecule has 3 fully saturated rings. The highest BCUT2D eigenvalue weighted by atomic mass is 32.2. The predicted molar refractivity (Wildman–Crippen MR) is 97.4 cm³/mol. The Hall–Kier alpha value is -1.28. The van der Waals surface area contributed by atoms with Gasteiger partial charge in [-0.05, 0) is 32.4 Å². The molecule has 0 aromatic carbocycles. The molecule has 138 valence electrons. The molecule has 5 atom stereocenters. The van der Waals surface area contributed by atoms with Gasteiger partial charge >= 0.3 is 0 Å². The van der Waals surface area contributed by atoms with Crippen molar-refractivity contribution in [1.29, 1.82) is 0 Å². The summed E-state index contributed by atoms with van der Waals surface area (Å²) in [5, 5.41) is 0.621. The molecule has 8 nitrogen and oxygen atoms in total. The third-order valence-electron chi connectivity index (χ3n) is 5.91. The van der Waals surface area contributed by atoms with Crippen molar-refractivity contribution in [1.82, 2.24) is 19.5 Å². The Kier molecular flexibility index (Phi) is 3.49. The van der Waals surface area contributed by atoms with Crippen LogP contribution in [0.3, 0.4) is 0 Å². The Labute approximate surface area is 156 Å². The van der Waals surface area contributed by atoms with Gasteiger partial charge in [-0.15, -0.1) is 0 Å². The van der Waals surface area contributed by atoms with Crippen molar-refractivity contribution in [2.75, 3.05) is 18.2 Å². The summed E-state index contributed by atoms with van der Waals surface area (Å²) in [5.74, 6) is 0.0704. The van der Waals surface area contributed by atoms with Gasteiger partial charge in [-0.25, -0.2) is 15.0 Å². The molecule has 0 amide bonds. The zero-order valence-electron chi connectivity index (χ0n) is 14.7. The molecule has 2 aliphatic carbocycles. The Morgan fingerprint density at radius 3 is 2.96 bits per heavy atom. The Morgan fingerprint density at radius 1 is 1.42 bits per heavy atom. The number of rotatable bonds is 4. The van der Waals surface area contributed by atoms with Gasteiger partial charge in [0.15, 0.2) is 30.9 Å². The van der Waals surface area contributed by atoms with Crippen molar-refractivity contribution in [3.63, 3.8) is 0 Å². The fraction of sp³-hybridized carbons (Fsp3) is 0.688. The maximum absolute atomic E-state index is 11.4. The summed E-state index contributed by atoms with van der Waals surface area (Å²) in [5.41, 5.74) is 7.31. The molecule has 0 bridgehead atoms. The van der Waals surface area contributed by atoms with Crippen LogP contribution in [0.5, 0.6) is 0 Å². The van der Waals surface area contributed by atoms with Crippen molar-refractivity contribution in [2.24, 2.45) is 11.3 Å². The maximum atomic E-state index is 11.4. The quantitative estimate of drug-likeness (QED) is 0.480. The minimum Gasteiger partial charge on any atom is -0.382 e. The molecule has 3 aliphatic rings. The van der Waals surface area contributed by atoms with E-state index in [1.165, 1.54) is 11.8 Å². The van der Waals surface area contributed by atoms with E-state index in [9.17, 15) is 4.57 Å². The van der Waals surface area contributed by atoms with E-state index in [1.807, 2.05) is 20.1 Å². The largest absolute Gasteiger partial charge is 0.382 e. The topological polar surface area (TPSA) is 105 Å². The van der Waals surface area contributed by atoms with E-state index >= 15 is 0 Å². The molecule has 2 saturated carbocycles. The number of ether oxygens (including phenoxy) is 2. The summed E-state index contributed by atoms with van der Waals surface area (Å²) in [6.07, 6.45) is 5.09. The minimum absolute atomic E-state index is 0.0394. The predicted octanol–water partition coefficient (Wildman–Crippen LogP) is 2.50. The monoisotopic (exact) mass is 393 g/mol. The molecule has 1 saturated heterocycles. The van der Waals surface area contributed by atoms with Crippen LogP contribution >= 0.6 is 20.2 Å². The lowest BCUT2D eigenvalue weighted by molar-refractivity contribution is -0.160. The van der Waals surface area contributed by atoms with Gasteiger partial charge in [0.2, 0.25) is 0 Å². The molecule has 5 rings (SSSR count). The first-order chi connectivity index (χ1) is 12.4. The molecule has 2 aromatic rings. The van der Waals surface area contributed by atoms with Crippen molar-refractivity contribution in [3.05, 3.63) is 6.33 Å². The third kappa shape index (κ3) is 2.14. The summed E-state index contributed by atoms with van der Waals surface area (Å²) in [6, 6.07) is 0.0394. The SMILES string of the molecule is CSc1nc(N)c2ncn(C3[C@H]4OC(C)(C)O[C@H]4[C@]4(CP=O)C[C@H]34)c2n1. The summed E-state index contributed by atoms with van der Waals surface area (Å²) < 4.78 is 26.0.